The second kappa shape index (κ2) is 5.72. The molecule has 1 atom stereocenters. The van der Waals surface area contributed by atoms with Crippen LogP contribution < -0.4 is 11.3 Å². The predicted molar refractivity (Wildman–Crippen MR) is 75.4 cm³/mol. The van der Waals surface area contributed by atoms with Crippen molar-refractivity contribution in [1.82, 2.24) is 15.4 Å². The van der Waals surface area contributed by atoms with Crippen LogP contribution in [0.5, 0.6) is 0 Å². The fraction of sp³-hybridized carbons (Fsp3) is 0.0909. The number of halogens is 2. The zero-order chi connectivity index (χ0) is 12.3. The van der Waals surface area contributed by atoms with E-state index in [0.717, 1.165) is 14.8 Å². The van der Waals surface area contributed by atoms with Crippen LogP contribution in [0.1, 0.15) is 17.3 Å². The largest absolute Gasteiger partial charge is 0.271 e. The molecule has 1 unspecified atom stereocenters. The van der Waals surface area contributed by atoms with E-state index in [-0.39, 0.29) is 6.04 Å². The Hall–Kier alpha value is -0.760. The van der Waals surface area contributed by atoms with Gasteiger partial charge in [-0.2, -0.15) is 0 Å². The second-order valence-electron chi connectivity index (χ2n) is 3.40. The Kier molecular flexibility index (Phi) is 4.27. The Morgan fingerprint density at radius 2 is 2.18 bits per heavy atom. The summed E-state index contributed by atoms with van der Waals surface area (Å²) in [5, 5.41) is 0.671. The van der Waals surface area contributed by atoms with Crippen LogP contribution in [0.4, 0.5) is 0 Å². The Morgan fingerprint density at radius 3 is 2.82 bits per heavy atom. The number of nitrogens with one attached hydrogen (secondary N) is 1. The Balaban J connectivity index is 2.46. The van der Waals surface area contributed by atoms with E-state index in [0.29, 0.717) is 5.02 Å². The smallest absolute Gasteiger partial charge is 0.0907 e. The summed E-state index contributed by atoms with van der Waals surface area (Å²) in [4.78, 5) is 8.28. The normalized spacial score (nSPS) is 12.4. The van der Waals surface area contributed by atoms with Gasteiger partial charge in [-0.3, -0.25) is 15.8 Å². The lowest BCUT2D eigenvalue weighted by molar-refractivity contribution is 0.615. The van der Waals surface area contributed by atoms with E-state index in [9.17, 15) is 0 Å². The minimum absolute atomic E-state index is 0.214. The van der Waals surface area contributed by atoms with E-state index >= 15 is 0 Å². The third-order valence-electron chi connectivity index (χ3n) is 2.31. The molecule has 1 heterocycles. The Morgan fingerprint density at radius 1 is 1.35 bits per heavy atom. The van der Waals surface area contributed by atoms with Gasteiger partial charge in [0.2, 0.25) is 0 Å². The summed E-state index contributed by atoms with van der Waals surface area (Å²) in [7, 11) is 0. The summed E-state index contributed by atoms with van der Waals surface area (Å²) < 4.78 is 1.07. The van der Waals surface area contributed by atoms with Crippen LogP contribution in [0.15, 0.2) is 36.8 Å². The number of hydrazine groups is 1. The highest BCUT2D eigenvalue weighted by Gasteiger charge is 2.17. The minimum atomic E-state index is -0.214. The third-order valence-corrected chi connectivity index (χ3v) is 3.53. The first-order valence-electron chi connectivity index (χ1n) is 4.89. The fourth-order valence-electron chi connectivity index (χ4n) is 1.53. The Bertz CT molecular complexity index is 506. The summed E-state index contributed by atoms with van der Waals surface area (Å²) in [5.41, 5.74) is 4.48. The highest BCUT2D eigenvalue weighted by atomic mass is 127. The van der Waals surface area contributed by atoms with Crippen molar-refractivity contribution in [1.29, 1.82) is 0 Å². The van der Waals surface area contributed by atoms with Crippen LogP contribution >= 0.6 is 34.2 Å². The molecule has 0 aliphatic carbocycles. The number of nitrogens with zero attached hydrogens (tertiary/aromatic N) is 2. The number of hydrogen-bond donors (Lipinski definition) is 2. The summed E-state index contributed by atoms with van der Waals surface area (Å²) in [5.74, 6) is 5.59. The van der Waals surface area contributed by atoms with Gasteiger partial charge in [-0.15, -0.1) is 0 Å². The lowest BCUT2D eigenvalue weighted by Crippen LogP contribution is -2.30. The maximum Gasteiger partial charge on any atom is 0.0907 e. The topological polar surface area (TPSA) is 63.8 Å². The highest BCUT2D eigenvalue weighted by Crippen LogP contribution is 2.26. The molecule has 0 saturated carbocycles. The molecule has 0 radical (unpaired) electrons. The molecule has 0 spiro atoms. The molecule has 0 bridgehead atoms. The van der Waals surface area contributed by atoms with Gasteiger partial charge in [0.1, 0.15) is 0 Å². The first-order chi connectivity index (χ1) is 8.22. The number of aromatic nitrogens is 2. The van der Waals surface area contributed by atoms with Gasteiger partial charge >= 0.3 is 0 Å². The standard InChI is InChI=1S/C11H10ClIN4/c12-7-1-2-9(13)8(5-7)11(17-14)10-6-15-3-4-16-10/h1-6,11,17H,14H2. The maximum atomic E-state index is 6.00. The fourth-order valence-corrected chi connectivity index (χ4v) is 2.36. The average molecular weight is 361 g/mol. The summed E-state index contributed by atoms with van der Waals surface area (Å²) in [6, 6.07) is 5.45. The maximum absolute atomic E-state index is 6.00. The quantitative estimate of drug-likeness (QED) is 0.501. The second-order valence-corrected chi connectivity index (χ2v) is 4.99. The first-order valence-corrected chi connectivity index (χ1v) is 6.35. The van der Waals surface area contributed by atoms with Crippen LogP contribution in [-0.2, 0) is 0 Å². The average Bonchev–Trinajstić information content (AvgIpc) is 2.36. The number of nitrogens with two attached hydrogens (primary N) is 1. The molecule has 0 aliphatic heterocycles. The van der Waals surface area contributed by atoms with Crippen LogP contribution in [-0.4, -0.2) is 9.97 Å². The zero-order valence-electron chi connectivity index (χ0n) is 8.77. The molecule has 2 aromatic rings. The van der Waals surface area contributed by atoms with Crippen molar-refractivity contribution in [2.24, 2.45) is 5.84 Å². The lowest BCUT2D eigenvalue weighted by atomic mass is 10.1. The van der Waals surface area contributed by atoms with E-state index in [4.69, 9.17) is 17.4 Å². The summed E-state index contributed by atoms with van der Waals surface area (Å²) in [6.45, 7) is 0. The van der Waals surface area contributed by atoms with Gasteiger partial charge < -0.3 is 0 Å². The van der Waals surface area contributed by atoms with E-state index in [1.54, 1.807) is 18.6 Å². The lowest BCUT2D eigenvalue weighted by Gasteiger charge is -2.17. The van der Waals surface area contributed by atoms with Gasteiger partial charge in [-0.25, -0.2) is 5.43 Å². The van der Waals surface area contributed by atoms with Crippen LogP contribution in [0.3, 0.4) is 0 Å². The van der Waals surface area contributed by atoms with Crippen molar-refractivity contribution in [3.63, 3.8) is 0 Å². The van der Waals surface area contributed by atoms with Crippen LogP contribution in [0.2, 0.25) is 5.02 Å². The van der Waals surface area contributed by atoms with Gasteiger partial charge in [-0.1, -0.05) is 11.6 Å². The van der Waals surface area contributed by atoms with Crippen molar-refractivity contribution < 1.29 is 0 Å². The van der Waals surface area contributed by atoms with E-state index < -0.39 is 0 Å². The van der Waals surface area contributed by atoms with Gasteiger partial charge in [-0.05, 0) is 46.4 Å². The van der Waals surface area contributed by atoms with Gasteiger partial charge in [0.05, 0.1) is 17.9 Å². The molecule has 6 heteroatoms. The monoisotopic (exact) mass is 360 g/mol. The highest BCUT2D eigenvalue weighted by molar-refractivity contribution is 14.1. The van der Waals surface area contributed by atoms with Crippen molar-refractivity contribution in [2.45, 2.75) is 6.04 Å². The zero-order valence-corrected chi connectivity index (χ0v) is 11.7. The van der Waals surface area contributed by atoms with E-state index in [1.165, 1.54) is 0 Å². The molecule has 1 aromatic heterocycles. The molecule has 1 aromatic carbocycles. The molecule has 2 rings (SSSR count). The van der Waals surface area contributed by atoms with E-state index in [1.807, 2.05) is 18.2 Å². The molecule has 88 valence electrons. The summed E-state index contributed by atoms with van der Waals surface area (Å²) >= 11 is 8.24. The molecule has 0 fully saturated rings. The number of benzene rings is 1. The molecular weight excluding hydrogens is 351 g/mol. The van der Waals surface area contributed by atoms with Crippen molar-refractivity contribution in [3.05, 3.63) is 56.6 Å². The molecule has 0 aliphatic rings. The molecular formula is C11H10ClIN4. The minimum Gasteiger partial charge on any atom is -0.271 e. The van der Waals surface area contributed by atoms with Crippen molar-refractivity contribution >= 4 is 34.2 Å². The predicted octanol–water partition coefficient (Wildman–Crippen LogP) is 2.29. The number of rotatable bonds is 3. The van der Waals surface area contributed by atoms with Gasteiger partial charge in [0.15, 0.2) is 0 Å². The number of hydrogen-bond acceptors (Lipinski definition) is 4. The Labute approximate surface area is 118 Å². The van der Waals surface area contributed by atoms with Crippen molar-refractivity contribution in [3.8, 4) is 0 Å². The summed E-state index contributed by atoms with van der Waals surface area (Å²) in [6.07, 6.45) is 4.94. The first kappa shape index (κ1) is 12.7. The third kappa shape index (κ3) is 2.92. The van der Waals surface area contributed by atoms with E-state index in [2.05, 4.69) is 38.0 Å². The van der Waals surface area contributed by atoms with Crippen LogP contribution in [0, 0.1) is 3.57 Å². The molecule has 4 nitrogen and oxygen atoms in total. The van der Waals surface area contributed by atoms with Crippen LogP contribution in [0.25, 0.3) is 0 Å². The molecule has 17 heavy (non-hydrogen) atoms. The van der Waals surface area contributed by atoms with Crippen molar-refractivity contribution in [2.75, 3.05) is 0 Å². The van der Waals surface area contributed by atoms with Gasteiger partial charge in [0, 0.05) is 21.0 Å². The molecule has 3 N–H and O–H groups in total. The van der Waals surface area contributed by atoms with Gasteiger partial charge in [0.25, 0.3) is 0 Å². The molecule has 0 saturated heterocycles. The molecule has 0 amide bonds. The SMILES string of the molecule is NNC(c1cnccn1)c1cc(Cl)ccc1I.